The molecule has 0 fully saturated rings. The molecule has 118 valence electrons. The average molecular weight is 300 g/mol. The zero-order valence-corrected chi connectivity index (χ0v) is 13.3. The highest BCUT2D eigenvalue weighted by Gasteiger charge is 2.01. The molecule has 5 nitrogen and oxygen atoms in total. The van der Waals surface area contributed by atoms with Gasteiger partial charge in [0, 0.05) is 32.0 Å². The van der Waals surface area contributed by atoms with E-state index in [4.69, 9.17) is 4.74 Å². The minimum Gasteiger partial charge on any atom is -0.383 e. The molecule has 0 radical (unpaired) electrons. The molecule has 0 saturated heterocycles. The number of hydrogen-bond acceptors (Lipinski definition) is 5. The van der Waals surface area contributed by atoms with E-state index in [1.165, 1.54) is 5.56 Å². The Bertz CT molecular complexity index is 560. The summed E-state index contributed by atoms with van der Waals surface area (Å²) in [6, 6.07) is 12.4. The van der Waals surface area contributed by atoms with Gasteiger partial charge in [0.2, 0.25) is 5.95 Å². The molecule has 0 aliphatic carbocycles. The Labute approximate surface area is 132 Å². The molecule has 2 N–H and O–H groups in total. The van der Waals surface area contributed by atoms with Crippen LogP contribution in [0.25, 0.3) is 0 Å². The maximum absolute atomic E-state index is 5.02. The van der Waals surface area contributed by atoms with E-state index in [0.717, 1.165) is 37.4 Å². The molecule has 1 aromatic carbocycles. The van der Waals surface area contributed by atoms with Gasteiger partial charge in [0.15, 0.2) is 0 Å². The van der Waals surface area contributed by atoms with Crippen LogP contribution in [0.3, 0.4) is 0 Å². The quantitative estimate of drug-likeness (QED) is 0.697. The molecule has 0 saturated carbocycles. The van der Waals surface area contributed by atoms with Gasteiger partial charge in [-0.15, -0.1) is 0 Å². The lowest BCUT2D eigenvalue weighted by atomic mass is 10.1. The Balaban J connectivity index is 1.79. The van der Waals surface area contributed by atoms with Crippen LogP contribution in [-0.2, 0) is 11.2 Å². The van der Waals surface area contributed by atoms with Crippen molar-refractivity contribution in [1.82, 2.24) is 9.97 Å². The van der Waals surface area contributed by atoms with Crippen molar-refractivity contribution >= 4 is 11.8 Å². The summed E-state index contributed by atoms with van der Waals surface area (Å²) in [4.78, 5) is 8.87. The molecule has 2 rings (SSSR count). The number of nitrogens with one attached hydrogen (secondary N) is 2. The molecule has 2 aromatic rings. The lowest BCUT2D eigenvalue weighted by Crippen LogP contribution is -2.12. The van der Waals surface area contributed by atoms with Crippen molar-refractivity contribution in [1.29, 1.82) is 0 Å². The number of anilines is 2. The van der Waals surface area contributed by atoms with E-state index < -0.39 is 0 Å². The molecule has 0 aliphatic rings. The van der Waals surface area contributed by atoms with Gasteiger partial charge in [-0.05, 0) is 25.3 Å². The first kappa shape index (κ1) is 16.2. The van der Waals surface area contributed by atoms with Crippen LogP contribution in [0, 0.1) is 6.92 Å². The maximum atomic E-state index is 5.02. The Kier molecular flexibility index (Phi) is 6.64. The molecule has 0 spiro atoms. The Hall–Kier alpha value is -2.14. The summed E-state index contributed by atoms with van der Waals surface area (Å²) in [5.41, 5.74) is 2.30. The van der Waals surface area contributed by atoms with Crippen molar-refractivity contribution in [2.24, 2.45) is 0 Å². The van der Waals surface area contributed by atoms with Gasteiger partial charge in [-0.25, -0.2) is 4.98 Å². The fourth-order valence-electron chi connectivity index (χ4n) is 2.16. The second-order valence-electron chi connectivity index (χ2n) is 5.15. The zero-order valence-electron chi connectivity index (χ0n) is 13.3. The van der Waals surface area contributed by atoms with Crippen molar-refractivity contribution in [2.45, 2.75) is 19.8 Å². The minimum absolute atomic E-state index is 0.656. The fourth-order valence-corrected chi connectivity index (χ4v) is 2.16. The van der Waals surface area contributed by atoms with E-state index in [1.54, 1.807) is 7.11 Å². The van der Waals surface area contributed by atoms with Crippen LogP contribution in [0.1, 0.15) is 17.7 Å². The van der Waals surface area contributed by atoms with Gasteiger partial charge >= 0.3 is 0 Å². The molecule has 22 heavy (non-hydrogen) atoms. The van der Waals surface area contributed by atoms with Crippen LogP contribution < -0.4 is 10.6 Å². The van der Waals surface area contributed by atoms with Gasteiger partial charge in [0.1, 0.15) is 5.82 Å². The highest BCUT2D eigenvalue weighted by atomic mass is 16.5. The van der Waals surface area contributed by atoms with Crippen molar-refractivity contribution in [3.63, 3.8) is 0 Å². The van der Waals surface area contributed by atoms with Crippen LogP contribution in [0.15, 0.2) is 36.4 Å². The van der Waals surface area contributed by atoms with E-state index in [2.05, 4.69) is 44.9 Å². The lowest BCUT2D eigenvalue weighted by Gasteiger charge is -2.09. The summed E-state index contributed by atoms with van der Waals surface area (Å²) in [5.74, 6) is 1.50. The van der Waals surface area contributed by atoms with Gasteiger partial charge < -0.3 is 15.4 Å². The molecule has 1 heterocycles. The van der Waals surface area contributed by atoms with Gasteiger partial charge in [0.05, 0.1) is 6.61 Å². The number of benzene rings is 1. The number of nitrogens with zero attached hydrogens (tertiary/aromatic N) is 2. The Morgan fingerprint density at radius 2 is 1.86 bits per heavy atom. The Morgan fingerprint density at radius 3 is 2.64 bits per heavy atom. The summed E-state index contributed by atoms with van der Waals surface area (Å²) < 4.78 is 5.02. The lowest BCUT2D eigenvalue weighted by molar-refractivity contribution is 0.210. The molecule has 5 heteroatoms. The third kappa shape index (κ3) is 5.69. The smallest absolute Gasteiger partial charge is 0.224 e. The van der Waals surface area contributed by atoms with E-state index in [0.29, 0.717) is 12.6 Å². The monoisotopic (exact) mass is 300 g/mol. The number of hydrogen-bond donors (Lipinski definition) is 2. The van der Waals surface area contributed by atoms with Crippen LogP contribution >= 0.6 is 0 Å². The third-order valence-electron chi connectivity index (χ3n) is 3.23. The zero-order chi connectivity index (χ0) is 15.6. The summed E-state index contributed by atoms with van der Waals surface area (Å²) in [7, 11) is 1.69. The van der Waals surface area contributed by atoms with Crippen molar-refractivity contribution in [3.05, 3.63) is 47.7 Å². The average Bonchev–Trinajstić information content (AvgIpc) is 2.52. The Morgan fingerprint density at radius 1 is 1.05 bits per heavy atom. The second-order valence-corrected chi connectivity index (χ2v) is 5.15. The van der Waals surface area contributed by atoms with Crippen LogP contribution in [0.2, 0.25) is 0 Å². The molecule has 0 amide bonds. The number of aryl methyl sites for hydroxylation is 2. The molecule has 0 atom stereocenters. The van der Waals surface area contributed by atoms with Crippen molar-refractivity contribution in [2.75, 3.05) is 37.4 Å². The van der Waals surface area contributed by atoms with E-state index in [9.17, 15) is 0 Å². The van der Waals surface area contributed by atoms with Crippen LogP contribution in [-0.4, -0.2) is 36.8 Å². The molecule has 0 aliphatic heterocycles. The largest absolute Gasteiger partial charge is 0.383 e. The predicted octanol–water partition coefficient (Wildman–Crippen LogP) is 2.89. The maximum Gasteiger partial charge on any atom is 0.224 e. The second kappa shape index (κ2) is 9.00. The third-order valence-corrected chi connectivity index (χ3v) is 3.23. The van der Waals surface area contributed by atoms with Gasteiger partial charge in [-0.3, -0.25) is 0 Å². The summed E-state index contributed by atoms with van der Waals surface area (Å²) in [6.07, 6.45) is 2.10. The van der Waals surface area contributed by atoms with Crippen molar-refractivity contribution in [3.8, 4) is 0 Å². The first-order chi connectivity index (χ1) is 10.8. The topological polar surface area (TPSA) is 59.1 Å². The van der Waals surface area contributed by atoms with Gasteiger partial charge in [-0.2, -0.15) is 4.98 Å². The highest BCUT2D eigenvalue weighted by molar-refractivity contribution is 5.42. The fraction of sp³-hybridized carbons (Fsp3) is 0.412. The van der Waals surface area contributed by atoms with E-state index in [-0.39, 0.29) is 0 Å². The number of rotatable bonds is 9. The van der Waals surface area contributed by atoms with Crippen molar-refractivity contribution < 1.29 is 4.74 Å². The van der Waals surface area contributed by atoms with E-state index >= 15 is 0 Å². The molecule has 0 bridgehead atoms. The predicted molar refractivity (Wildman–Crippen MR) is 90.4 cm³/mol. The first-order valence-electron chi connectivity index (χ1n) is 7.64. The number of ether oxygens (including phenoxy) is 1. The molecule has 0 unspecified atom stereocenters. The summed E-state index contributed by atoms with van der Waals surface area (Å²) in [6.45, 7) is 4.22. The first-order valence-corrected chi connectivity index (χ1v) is 7.64. The molecular weight excluding hydrogens is 276 g/mol. The normalized spacial score (nSPS) is 10.5. The number of aromatic nitrogens is 2. The number of methoxy groups -OCH3 is 1. The standard InChI is InChI=1S/C17H24N4O/c1-14-13-16(18-11-12-22-2)21-17(20-14)19-10-6-9-15-7-4-3-5-8-15/h3-5,7-8,13H,6,9-12H2,1-2H3,(H2,18,19,20,21). The van der Waals surface area contributed by atoms with E-state index in [1.807, 2.05) is 19.1 Å². The van der Waals surface area contributed by atoms with Gasteiger partial charge in [0.25, 0.3) is 0 Å². The van der Waals surface area contributed by atoms with Crippen LogP contribution in [0.5, 0.6) is 0 Å². The minimum atomic E-state index is 0.656. The SMILES string of the molecule is COCCNc1cc(C)nc(NCCCc2ccccc2)n1. The molecule has 1 aromatic heterocycles. The van der Waals surface area contributed by atoms with Crippen LogP contribution in [0.4, 0.5) is 11.8 Å². The molecular formula is C17H24N4O. The summed E-state index contributed by atoms with van der Waals surface area (Å²) in [5, 5.41) is 6.52. The highest BCUT2D eigenvalue weighted by Crippen LogP contribution is 2.10. The van der Waals surface area contributed by atoms with Gasteiger partial charge in [-0.1, -0.05) is 30.3 Å². The summed E-state index contributed by atoms with van der Waals surface area (Å²) >= 11 is 0.